The molecule has 1 heterocycles. The van der Waals surface area contributed by atoms with Crippen LogP contribution in [0.25, 0.3) is 0 Å². The fourth-order valence-corrected chi connectivity index (χ4v) is 6.10. The van der Waals surface area contributed by atoms with Crippen LogP contribution in [-0.4, -0.2) is 24.6 Å². The first-order valence-electron chi connectivity index (χ1n) is 20.7. The lowest BCUT2D eigenvalue weighted by atomic mass is 10.1. The number of pyridine rings is 1. The Morgan fingerprint density at radius 1 is 0.510 bits per heavy atom. The lowest BCUT2D eigenvalue weighted by Gasteiger charge is -2.16. The van der Waals surface area contributed by atoms with Gasteiger partial charge in [0.05, 0.1) is 0 Å². The molecule has 0 amide bonds. The predicted octanol–water partition coefficient (Wildman–Crippen LogP) is 12.5. The highest BCUT2D eigenvalue weighted by molar-refractivity contribution is 5.70. The number of hydrogen-bond donors (Lipinski definition) is 0. The topological polar surface area (TPSA) is 56.5 Å². The first-order valence-corrected chi connectivity index (χ1v) is 20.7. The van der Waals surface area contributed by atoms with Crippen molar-refractivity contribution < 1.29 is 23.6 Å². The smallest absolute Gasteiger partial charge is 0.306 e. The molecule has 0 saturated heterocycles. The molecule has 0 bridgehead atoms. The highest BCUT2D eigenvalue weighted by Gasteiger charge is 2.21. The lowest BCUT2D eigenvalue weighted by Crippen LogP contribution is -2.43. The molecule has 5 nitrogen and oxygen atoms in total. The van der Waals surface area contributed by atoms with Crippen molar-refractivity contribution in [1.29, 1.82) is 0 Å². The van der Waals surface area contributed by atoms with E-state index in [0.717, 1.165) is 51.4 Å². The average Bonchev–Trinajstić information content (AvgIpc) is 3.11. The van der Waals surface area contributed by atoms with E-state index in [4.69, 9.17) is 9.47 Å². The number of rotatable bonds is 35. The van der Waals surface area contributed by atoms with Crippen LogP contribution in [0.3, 0.4) is 0 Å². The second-order valence-corrected chi connectivity index (χ2v) is 14.0. The number of unbranched alkanes of at least 4 members (excludes halogenated alkanes) is 22. The third-order valence-corrected chi connectivity index (χ3v) is 9.21. The van der Waals surface area contributed by atoms with E-state index in [2.05, 4.69) is 38.2 Å². The van der Waals surface area contributed by atoms with E-state index in [1.807, 2.05) is 35.2 Å². The number of allylic oxidation sites excluding steroid dienone is 4. The van der Waals surface area contributed by atoms with Gasteiger partial charge in [-0.05, 0) is 64.2 Å². The van der Waals surface area contributed by atoms with Crippen LogP contribution in [-0.2, 0) is 25.6 Å². The first-order chi connectivity index (χ1) is 24.2. The van der Waals surface area contributed by atoms with Gasteiger partial charge in [0, 0.05) is 25.0 Å². The summed E-state index contributed by atoms with van der Waals surface area (Å²) in [6.07, 6.45) is 45.6. The van der Waals surface area contributed by atoms with Gasteiger partial charge in [0.25, 0.3) is 0 Å². The third kappa shape index (κ3) is 31.3. The SMILES string of the molecule is CCCCCCCCC=CCCCCCCCC(=O)OCC(C[n+]1ccccc1)OC(=O)CCCCCCCC=CCCCCCCCC. The quantitative estimate of drug-likeness (QED) is 0.0309. The molecule has 0 N–H and O–H groups in total. The molecule has 0 aliphatic heterocycles. The molecular formula is C44H76NO4+. The molecule has 0 aliphatic rings. The minimum Gasteiger partial charge on any atom is -0.461 e. The Morgan fingerprint density at radius 3 is 1.35 bits per heavy atom. The van der Waals surface area contributed by atoms with Gasteiger partial charge < -0.3 is 9.47 Å². The van der Waals surface area contributed by atoms with Gasteiger partial charge in [-0.1, -0.05) is 147 Å². The standard InChI is InChI=1S/C44H76NO4/c1-3-5-7-9-11-13-15-17-19-21-23-25-27-29-32-36-43(46)48-41-42(40-45-38-34-31-35-39-45)49-44(47)37-33-30-28-26-24-22-20-18-16-14-12-10-8-6-4-2/h17-20,31,34-35,38-39,42H,3-16,21-30,32-33,36-37,40-41H2,1-2H3/q+1. The Bertz CT molecular complexity index is 928. The van der Waals surface area contributed by atoms with Crippen molar-refractivity contribution in [2.45, 2.75) is 206 Å². The molecule has 0 aromatic carbocycles. The summed E-state index contributed by atoms with van der Waals surface area (Å²) in [6.45, 7) is 5.11. The van der Waals surface area contributed by atoms with Crippen LogP contribution in [0.5, 0.6) is 0 Å². The zero-order valence-corrected chi connectivity index (χ0v) is 32.1. The van der Waals surface area contributed by atoms with Crippen LogP contribution in [0.2, 0.25) is 0 Å². The summed E-state index contributed by atoms with van der Waals surface area (Å²) in [6, 6.07) is 5.85. The molecular weight excluding hydrogens is 606 g/mol. The summed E-state index contributed by atoms with van der Waals surface area (Å²) < 4.78 is 13.4. The van der Waals surface area contributed by atoms with E-state index in [-0.39, 0.29) is 18.5 Å². The molecule has 1 aromatic rings. The molecule has 0 radical (unpaired) electrons. The maximum Gasteiger partial charge on any atom is 0.306 e. The van der Waals surface area contributed by atoms with Crippen LogP contribution in [0, 0.1) is 0 Å². The molecule has 5 heteroatoms. The summed E-state index contributed by atoms with van der Waals surface area (Å²) in [7, 11) is 0. The van der Waals surface area contributed by atoms with Crippen LogP contribution < -0.4 is 4.57 Å². The highest BCUT2D eigenvalue weighted by atomic mass is 16.6. The van der Waals surface area contributed by atoms with Crippen molar-refractivity contribution >= 4 is 11.9 Å². The van der Waals surface area contributed by atoms with Crippen molar-refractivity contribution in [2.75, 3.05) is 6.61 Å². The van der Waals surface area contributed by atoms with Crippen molar-refractivity contribution in [3.63, 3.8) is 0 Å². The van der Waals surface area contributed by atoms with E-state index in [1.54, 1.807) is 0 Å². The predicted molar refractivity (Wildman–Crippen MR) is 206 cm³/mol. The van der Waals surface area contributed by atoms with E-state index < -0.39 is 6.10 Å². The molecule has 0 saturated carbocycles. The monoisotopic (exact) mass is 683 g/mol. The third-order valence-electron chi connectivity index (χ3n) is 9.21. The molecule has 1 unspecified atom stereocenters. The van der Waals surface area contributed by atoms with Crippen molar-refractivity contribution in [3.8, 4) is 0 Å². The Balaban J connectivity index is 2.14. The van der Waals surface area contributed by atoms with E-state index in [9.17, 15) is 9.59 Å². The van der Waals surface area contributed by atoms with Crippen LogP contribution >= 0.6 is 0 Å². The number of hydrogen-bond acceptors (Lipinski definition) is 4. The molecule has 0 aliphatic carbocycles. The van der Waals surface area contributed by atoms with E-state index >= 15 is 0 Å². The molecule has 49 heavy (non-hydrogen) atoms. The summed E-state index contributed by atoms with van der Waals surface area (Å²) in [4.78, 5) is 25.1. The van der Waals surface area contributed by atoms with Crippen molar-refractivity contribution in [1.82, 2.24) is 0 Å². The number of nitrogens with zero attached hydrogens (tertiary/aromatic N) is 1. The summed E-state index contributed by atoms with van der Waals surface area (Å²) >= 11 is 0. The zero-order chi connectivity index (χ0) is 35.3. The number of carbonyl (C=O) groups is 2. The number of carbonyl (C=O) groups excluding carboxylic acids is 2. The van der Waals surface area contributed by atoms with Crippen LogP contribution in [0.15, 0.2) is 54.9 Å². The molecule has 0 spiro atoms. The fourth-order valence-electron chi connectivity index (χ4n) is 6.10. The number of aromatic nitrogens is 1. The van der Waals surface area contributed by atoms with Gasteiger partial charge in [-0.15, -0.1) is 0 Å². The largest absolute Gasteiger partial charge is 0.461 e. The average molecular weight is 683 g/mol. The molecule has 1 rings (SSSR count). The summed E-state index contributed by atoms with van der Waals surface area (Å²) in [5, 5.41) is 0. The lowest BCUT2D eigenvalue weighted by molar-refractivity contribution is -0.703. The number of ether oxygens (including phenoxy) is 2. The van der Waals surface area contributed by atoms with Crippen molar-refractivity contribution in [3.05, 3.63) is 54.9 Å². The fraction of sp³-hybridized carbons (Fsp3) is 0.750. The zero-order valence-electron chi connectivity index (χ0n) is 32.1. The van der Waals surface area contributed by atoms with Crippen LogP contribution in [0.1, 0.15) is 194 Å². The Labute approximate surface area is 302 Å². The van der Waals surface area contributed by atoms with Gasteiger partial charge >= 0.3 is 11.9 Å². The van der Waals surface area contributed by atoms with Gasteiger partial charge in [-0.3, -0.25) is 9.59 Å². The van der Waals surface area contributed by atoms with E-state index in [0.29, 0.717) is 19.4 Å². The van der Waals surface area contributed by atoms with E-state index in [1.165, 1.54) is 116 Å². The van der Waals surface area contributed by atoms with Gasteiger partial charge in [0.15, 0.2) is 25.0 Å². The van der Waals surface area contributed by atoms with Crippen LogP contribution in [0.4, 0.5) is 0 Å². The first kappa shape index (κ1) is 44.6. The minimum atomic E-state index is -0.485. The summed E-state index contributed by atoms with van der Waals surface area (Å²) in [5.74, 6) is -0.401. The van der Waals surface area contributed by atoms with Gasteiger partial charge in [-0.25, -0.2) is 4.57 Å². The highest BCUT2D eigenvalue weighted by Crippen LogP contribution is 2.13. The van der Waals surface area contributed by atoms with Crippen molar-refractivity contribution in [2.24, 2.45) is 0 Å². The second kappa shape index (κ2) is 35.4. The molecule has 280 valence electrons. The maximum atomic E-state index is 12.7. The molecule has 0 fully saturated rings. The Morgan fingerprint density at radius 2 is 0.898 bits per heavy atom. The maximum absolute atomic E-state index is 12.7. The number of esters is 2. The van der Waals surface area contributed by atoms with Gasteiger partial charge in [0.1, 0.15) is 6.61 Å². The Hall–Kier alpha value is -2.43. The summed E-state index contributed by atoms with van der Waals surface area (Å²) in [5.41, 5.74) is 0. The van der Waals surface area contributed by atoms with Gasteiger partial charge in [0.2, 0.25) is 0 Å². The Kier molecular flexibility index (Phi) is 32.2. The molecule has 1 aromatic heterocycles. The normalized spacial score (nSPS) is 12.2. The second-order valence-electron chi connectivity index (χ2n) is 14.0. The minimum absolute atomic E-state index is 0.101. The van der Waals surface area contributed by atoms with Gasteiger partial charge in [-0.2, -0.15) is 0 Å². The molecule has 1 atom stereocenters.